The number of aliphatic hydroxyl groups is 4. The lowest BCUT2D eigenvalue weighted by atomic mass is 9.75. The number of carbonyl (C=O) groups excluding carboxylic acids is 2. The molecule has 1 amide bonds. The van der Waals surface area contributed by atoms with Gasteiger partial charge in [-0.2, -0.15) is 0 Å². The van der Waals surface area contributed by atoms with Gasteiger partial charge in [-0.25, -0.2) is 0 Å². The van der Waals surface area contributed by atoms with E-state index in [9.17, 15) is 35.1 Å². The topological polar surface area (TPSA) is 178 Å². The summed E-state index contributed by atoms with van der Waals surface area (Å²) in [5, 5.41) is 54.6. The fourth-order valence-corrected chi connectivity index (χ4v) is 3.93. The molecule has 0 spiro atoms. The number of nitrogens with one attached hydrogen (secondary N) is 1. The Hall–Kier alpha value is -1.34. The number of amides is 1. The van der Waals surface area contributed by atoms with Crippen molar-refractivity contribution in [3.05, 3.63) is 0 Å². The predicted octanol–water partition coefficient (Wildman–Crippen LogP) is -3.90. The number of hydrogen-bond donors (Lipinski definition) is 5. The molecule has 5 N–H and O–H groups in total. The Morgan fingerprint density at radius 3 is 2.32 bits per heavy atom. The van der Waals surface area contributed by atoms with Gasteiger partial charge < -0.3 is 49.9 Å². The molecule has 1 saturated carbocycles. The molecule has 1 aliphatic carbocycles. The molecular formula is C17H28NO10-. The highest BCUT2D eigenvalue weighted by molar-refractivity contribution is 5.73. The minimum Gasteiger partial charge on any atom is -0.547 e. The van der Waals surface area contributed by atoms with Crippen LogP contribution < -0.4 is 10.4 Å². The van der Waals surface area contributed by atoms with Gasteiger partial charge in [0.05, 0.1) is 18.1 Å². The minimum absolute atomic E-state index is 0.205. The van der Waals surface area contributed by atoms with E-state index < -0.39 is 60.8 Å². The van der Waals surface area contributed by atoms with E-state index in [0.717, 1.165) is 7.11 Å². The van der Waals surface area contributed by atoms with Crippen molar-refractivity contribution in [2.75, 3.05) is 13.7 Å². The van der Waals surface area contributed by atoms with Crippen LogP contribution in [0.1, 0.15) is 20.3 Å². The third kappa shape index (κ3) is 4.62. The molecule has 0 aromatic rings. The molecule has 0 radical (unpaired) electrons. The van der Waals surface area contributed by atoms with Crippen molar-refractivity contribution in [2.24, 2.45) is 11.8 Å². The first-order valence-corrected chi connectivity index (χ1v) is 9.09. The second-order valence-electron chi connectivity index (χ2n) is 7.40. The van der Waals surface area contributed by atoms with Crippen molar-refractivity contribution >= 4 is 11.9 Å². The first-order chi connectivity index (χ1) is 13.1. The zero-order valence-electron chi connectivity index (χ0n) is 15.9. The Labute approximate surface area is 162 Å². The van der Waals surface area contributed by atoms with Crippen LogP contribution in [0.4, 0.5) is 0 Å². The molecule has 11 nitrogen and oxygen atoms in total. The molecule has 10 atom stereocenters. The van der Waals surface area contributed by atoms with E-state index in [1.54, 1.807) is 6.92 Å². The average molecular weight is 406 g/mol. The Morgan fingerprint density at radius 2 is 1.82 bits per heavy atom. The van der Waals surface area contributed by atoms with Gasteiger partial charge in [-0.1, -0.05) is 6.92 Å². The highest BCUT2D eigenvalue weighted by Gasteiger charge is 2.50. The third-order valence-corrected chi connectivity index (χ3v) is 5.41. The summed E-state index contributed by atoms with van der Waals surface area (Å²) in [6, 6.07) is -0.690. The van der Waals surface area contributed by atoms with Crippen molar-refractivity contribution in [1.82, 2.24) is 5.32 Å². The van der Waals surface area contributed by atoms with Crippen molar-refractivity contribution < 1.29 is 49.3 Å². The zero-order chi connectivity index (χ0) is 21.2. The van der Waals surface area contributed by atoms with E-state index in [1.807, 2.05) is 0 Å². The lowest BCUT2D eigenvalue weighted by Gasteiger charge is -2.48. The maximum atomic E-state index is 11.6. The molecule has 1 saturated heterocycles. The fourth-order valence-electron chi connectivity index (χ4n) is 3.93. The Morgan fingerprint density at radius 1 is 1.18 bits per heavy atom. The van der Waals surface area contributed by atoms with E-state index >= 15 is 0 Å². The van der Waals surface area contributed by atoms with Crippen molar-refractivity contribution in [1.29, 1.82) is 0 Å². The van der Waals surface area contributed by atoms with Crippen LogP contribution in [0, 0.1) is 11.8 Å². The number of hydrogen-bond acceptors (Lipinski definition) is 10. The van der Waals surface area contributed by atoms with Gasteiger partial charge in [0, 0.05) is 26.6 Å². The quantitative estimate of drug-likeness (QED) is 0.293. The Balaban J connectivity index is 2.26. The number of carboxylic acids is 1. The fraction of sp³-hybridized carbons (Fsp3) is 0.882. The smallest absolute Gasteiger partial charge is 0.217 e. The normalized spacial score (nSPS) is 44.1. The van der Waals surface area contributed by atoms with Gasteiger partial charge in [0.25, 0.3) is 0 Å². The molecule has 11 heteroatoms. The second-order valence-corrected chi connectivity index (χ2v) is 7.40. The molecule has 0 aromatic heterocycles. The predicted molar refractivity (Wildman–Crippen MR) is 89.3 cm³/mol. The summed E-state index contributed by atoms with van der Waals surface area (Å²) >= 11 is 0. The van der Waals surface area contributed by atoms with Crippen LogP contribution in [-0.2, 0) is 23.8 Å². The highest BCUT2D eigenvalue weighted by atomic mass is 16.7. The van der Waals surface area contributed by atoms with Crippen LogP contribution in [0.2, 0.25) is 0 Å². The van der Waals surface area contributed by atoms with Gasteiger partial charge in [0.2, 0.25) is 5.91 Å². The van der Waals surface area contributed by atoms with Gasteiger partial charge in [-0.15, -0.1) is 0 Å². The van der Waals surface area contributed by atoms with E-state index in [4.69, 9.17) is 14.2 Å². The number of carbonyl (C=O) groups is 2. The maximum Gasteiger partial charge on any atom is 0.217 e. The molecule has 1 heterocycles. The summed E-state index contributed by atoms with van der Waals surface area (Å²) in [5.74, 6) is -2.81. The monoisotopic (exact) mass is 406 g/mol. The zero-order valence-corrected chi connectivity index (χ0v) is 15.9. The molecule has 2 aliphatic rings. The van der Waals surface area contributed by atoms with Crippen LogP contribution in [0.3, 0.4) is 0 Å². The number of aliphatic hydroxyl groups excluding tert-OH is 4. The number of ether oxygens (including phenoxy) is 3. The van der Waals surface area contributed by atoms with Crippen LogP contribution in [0.5, 0.6) is 0 Å². The van der Waals surface area contributed by atoms with Crippen molar-refractivity contribution in [3.8, 4) is 0 Å². The van der Waals surface area contributed by atoms with Crippen molar-refractivity contribution in [2.45, 2.75) is 69.2 Å². The van der Waals surface area contributed by atoms with Crippen LogP contribution in [0.15, 0.2) is 0 Å². The molecule has 1 aliphatic heterocycles. The first-order valence-electron chi connectivity index (χ1n) is 9.09. The van der Waals surface area contributed by atoms with Gasteiger partial charge in [0.15, 0.2) is 6.29 Å². The number of methoxy groups -OCH3 is 1. The molecular weight excluding hydrogens is 378 g/mol. The molecule has 0 aromatic carbocycles. The van der Waals surface area contributed by atoms with Gasteiger partial charge in [-0.05, 0) is 12.3 Å². The molecule has 162 valence electrons. The summed E-state index contributed by atoms with van der Waals surface area (Å²) in [6.07, 6.45) is -10.0. The maximum absolute atomic E-state index is 11.6. The van der Waals surface area contributed by atoms with Crippen LogP contribution in [0.25, 0.3) is 0 Å². The highest BCUT2D eigenvalue weighted by Crippen LogP contribution is 2.34. The molecule has 28 heavy (non-hydrogen) atoms. The van der Waals surface area contributed by atoms with Crippen LogP contribution >= 0.6 is 0 Å². The summed E-state index contributed by atoms with van der Waals surface area (Å²) in [7, 11) is 1.15. The van der Waals surface area contributed by atoms with E-state index in [0.29, 0.717) is 6.42 Å². The SMILES string of the molecule is COC1C(C(=O)[O-])OC(OC2C(O)C(CO)C[C@H](C)C2NC(C)=O)C(O)C1O. The third-order valence-electron chi connectivity index (χ3n) is 5.41. The van der Waals surface area contributed by atoms with E-state index in [-0.39, 0.29) is 18.4 Å². The second kappa shape index (κ2) is 9.44. The number of rotatable bonds is 6. The largest absolute Gasteiger partial charge is 0.547 e. The first kappa shape index (κ1) is 22.9. The molecule has 2 rings (SSSR count). The lowest BCUT2D eigenvalue weighted by Crippen LogP contribution is -2.66. The summed E-state index contributed by atoms with van der Waals surface area (Å²) < 4.78 is 15.8. The minimum atomic E-state index is -1.72. The standard InChI is InChI=1S/C17H29NO10/c1-6-4-8(5-19)10(21)13(9(6)18-7(2)20)27-17-12(23)11(22)14(26-3)15(28-17)16(24)25/h6,8-15,17,19,21-23H,4-5H2,1-3H3,(H,18,20)(H,24,25)/p-1/t6-,8?,9?,10?,11?,12?,13?,14?,15?,17?/m0/s1. The van der Waals surface area contributed by atoms with Crippen LogP contribution in [-0.4, -0.2) is 95.0 Å². The Kier molecular flexibility index (Phi) is 7.73. The summed E-state index contributed by atoms with van der Waals surface area (Å²) in [6.45, 7) is 2.75. The lowest BCUT2D eigenvalue weighted by molar-refractivity contribution is -0.358. The van der Waals surface area contributed by atoms with E-state index in [1.165, 1.54) is 6.92 Å². The van der Waals surface area contributed by atoms with Gasteiger partial charge in [-0.3, -0.25) is 4.79 Å². The average Bonchev–Trinajstić information content (AvgIpc) is 2.63. The number of aliphatic carboxylic acids is 1. The van der Waals surface area contributed by atoms with Crippen molar-refractivity contribution in [3.63, 3.8) is 0 Å². The molecule has 2 fully saturated rings. The van der Waals surface area contributed by atoms with Gasteiger partial charge in [0.1, 0.15) is 30.5 Å². The molecule has 0 bridgehead atoms. The Bertz CT molecular complexity index is 560. The summed E-state index contributed by atoms with van der Waals surface area (Å²) in [5.41, 5.74) is 0. The molecule has 9 unspecified atom stereocenters. The number of carboxylic acid groups (broad SMARTS) is 1. The van der Waals surface area contributed by atoms with Gasteiger partial charge >= 0.3 is 0 Å². The summed E-state index contributed by atoms with van der Waals surface area (Å²) in [4.78, 5) is 22.9. The van der Waals surface area contributed by atoms with E-state index in [2.05, 4.69) is 5.32 Å².